The third-order valence-electron chi connectivity index (χ3n) is 6.11. The van der Waals surface area contributed by atoms with Crippen molar-refractivity contribution < 1.29 is 9.53 Å². The third kappa shape index (κ3) is 4.84. The monoisotopic (exact) mass is 397 g/mol. The summed E-state index contributed by atoms with van der Waals surface area (Å²) in [5.74, 6) is 0.466. The molecule has 0 spiro atoms. The number of likely N-dealkylation sites (tertiary alicyclic amines) is 1. The minimum atomic E-state index is -0.345. The highest BCUT2D eigenvalue weighted by atomic mass is 16.5. The maximum absolute atomic E-state index is 12.5. The molecule has 0 unspecified atom stereocenters. The highest BCUT2D eigenvalue weighted by Crippen LogP contribution is 2.34. The fraction of sp³-hybridized carbons (Fsp3) is 0.542. The smallest absolute Gasteiger partial charge is 0.251 e. The molecule has 5 heteroatoms. The second-order valence-corrected chi connectivity index (χ2v) is 8.03. The number of benzene rings is 1. The number of piperidine rings is 1. The van der Waals surface area contributed by atoms with E-state index in [1.54, 1.807) is 7.11 Å². The molecule has 3 rings (SSSR count). The van der Waals surface area contributed by atoms with Crippen LogP contribution in [0.4, 0.5) is 0 Å². The van der Waals surface area contributed by atoms with Gasteiger partial charge in [0.25, 0.3) is 5.91 Å². The van der Waals surface area contributed by atoms with Crippen molar-refractivity contribution in [3.63, 3.8) is 0 Å². The first kappa shape index (κ1) is 21.4. The Hall–Kier alpha value is -2.27. The molecule has 2 aromatic rings. The Morgan fingerprint density at radius 2 is 1.79 bits per heavy atom. The van der Waals surface area contributed by atoms with E-state index < -0.39 is 0 Å². The first-order chi connectivity index (χ1) is 14.1. The van der Waals surface area contributed by atoms with Crippen LogP contribution in [0.3, 0.4) is 0 Å². The summed E-state index contributed by atoms with van der Waals surface area (Å²) in [5, 5.41) is 0. The molecule has 0 bridgehead atoms. The minimum Gasteiger partial charge on any atom is -0.497 e. The highest BCUT2D eigenvalue weighted by Gasteiger charge is 2.25. The third-order valence-corrected chi connectivity index (χ3v) is 6.11. The van der Waals surface area contributed by atoms with Gasteiger partial charge in [-0.25, -0.2) is 0 Å². The first-order valence-electron chi connectivity index (χ1n) is 10.9. The molecule has 1 aliphatic rings. The van der Waals surface area contributed by atoms with Gasteiger partial charge in [-0.2, -0.15) is 0 Å². The molecule has 2 heterocycles. The molecule has 5 nitrogen and oxygen atoms in total. The number of rotatable bonds is 9. The summed E-state index contributed by atoms with van der Waals surface area (Å²) >= 11 is 0. The number of nitrogens with two attached hydrogens (primary N) is 1. The lowest BCUT2D eigenvalue weighted by molar-refractivity contribution is 0.1000. The molecule has 29 heavy (non-hydrogen) atoms. The Balaban J connectivity index is 2.02. The number of carbonyl (C=O) groups is 1. The van der Waals surface area contributed by atoms with Gasteiger partial charge < -0.3 is 19.9 Å². The predicted octanol–water partition coefficient (Wildman–Crippen LogP) is 4.40. The number of carbonyl (C=O) groups excluding carboxylic acids is 1. The van der Waals surface area contributed by atoms with E-state index in [0.29, 0.717) is 5.56 Å². The maximum atomic E-state index is 12.5. The van der Waals surface area contributed by atoms with Crippen LogP contribution in [0.25, 0.3) is 11.1 Å². The van der Waals surface area contributed by atoms with E-state index >= 15 is 0 Å². The molecule has 1 aromatic carbocycles. The number of nitrogens with zero attached hydrogens (tertiary/aromatic N) is 2. The number of methoxy groups -OCH3 is 1. The summed E-state index contributed by atoms with van der Waals surface area (Å²) in [6.45, 7) is 8.53. The van der Waals surface area contributed by atoms with Crippen LogP contribution in [0.5, 0.6) is 5.75 Å². The average molecular weight is 398 g/mol. The van der Waals surface area contributed by atoms with Crippen LogP contribution in [-0.4, -0.2) is 42.1 Å². The fourth-order valence-electron chi connectivity index (χ4n) is 4.50. The van der Waals surface area contributed by atoms with Crippen LogP contribution in [0, 0.1) is 6.92 Å². The van der Waals surface area contributed by atoms with E-state index in [2.05, 4.69) is 16.4 Å². The van der Waals surface area contributed by atoms with Crippen molar-refractivity contribution in [1.82, 2.24) is 9.47 Å². The number of ether oxygens (including phenoxy) is 1. The van der Waals surface area contributed by atoms with Crippen molar-refractivity contribution in [3.05, 3.63) is 41.2 Å². The molecule has 1 amide bonds. The van der Waals surface area contributed by atoms with Crippen LogP contribution in [0.15, 0.2) is 24.3 Å². The lowest BCUT2D eigenvalue weighted by Gasteiger charge is -2.27. The second-order valence-electron chi connectivity index (χ2n) is 8.03. The summed E-state index contributed by atoms with van der Waals surface area (Å²) in [5.41, 5.74) is 10.8. The van der Waals surface area contributed by atoms with Gasteiger partial charge in [-0.15, -0.1) is 0 Å². The van der Waals surface area contributed by atoms with Gasteiger partial charge in [0.05, 0.1) is 12.7 Å². The number of unbranched alkanes of at least 4 members (excludes halogenated alkanes) is 1. The number of hydrogen-bond donors (Lipinski definition) is 1. The number of hydrogen-bond acceptors (Lipinski definition) is 3. The van der Waals surface area contributed by atoms with Gasteiger partial charge in [0.1, 0.15) is 5.75 Å². The molecule has 0 atom stereocenters. The van der Waals surface area contributed by atoms with Crippen LogP contribution in [-0.2, 0) is 13.0 Å². The lowest BCUT2D eigenvalue weighted by atomic mass is 9.97. The molecule has 1 aliphatic heterocycles. The van der Waals surface area contributed by atoms with Gasteiger partial charge >= 0.3 is 0 Å². The SMILES string of the molecule is CCCCc1c(-c2ccc(OC)cc2)c(C(N)=O)c(C)n1CCN1CCCCC1. The molecule has 1 aromatic heterocycles. The summed E-state index contributed by atoms with van der Waals surface area (Å²) in [7, 11) is 1.66. The van der Waals surface area contributed by atoms with Gasteiger partial charge in [-0.1, -0.05) is 31.9 Å². The van der Waals surface area contributed by atoms with Crippen LogP contribution in [0.2, 0.25) is 0 Å². The summed E-state index contributed by atoms with van der Waals surface area (Å²) in [4.78, 5) is 15.0. The zero-order valence-electron chi connectivity index (χ0n) is 18.2. The summed E-state index contributed by atoms with van der Waals surface area (Å²) < 4.78 is 7.66. The molecular formula is C24H35N3O2. The predicted molar refractivity (Wildman–Crippen MR) is 119 cm³/mol. The molecule has 1 fully saturated rings. The van der Waals surface area contributed by atoms with E-state index in [-0.39, 0.29) is 5.91 Å². The topological polar surface area (TPSA) is 60.5 Å². The van der Waals surface area contributed by atoms with Crippen LogP contribution in [0.1, 0.15) is 60.8 Å². The standard InChI is InChI=1S/C24H35N3O2/c1-4-5-9-21-23(19-10-12-20(29-3)13-11-19)22(24(25)28)18(2)27(21)17-16-26-14-7-6-8-15-26/h10-13H,4-9,14-17H2,1-3H3,(H2,25,28). The second kappa shape index (κ2) is 9.97. The van der Waals surface area contributed by atoms with E-state index in [4.69, 9.17) is 10.5 Å². The Kier molecular flexibility index (Phi) is 7.37. The Morgan fingerprint density at radius 3 is 2.38 bits per heavy atom. The van der Waals surface area contributed by atoms with E-state index in [1.165, 1.54) is 38.0 Å². The van der Waals surface area contributed by atoms with Gasteiger partial charge in [0.15, 0.2) is 0 Å². The first-order valence-corrected chi connectivity index (χ1v) is 10.9. The molecule has 0 aliphatic carbocycles. The number of aromatic nitrogens is 1. The van der Waals surface area contributed by atoms with Crippen molar-refractivity contribution in [2.75, 3.05) is 26.7 Å². The molecule has 1 saturated heterocycles. The quantitative estimate of drug-likeness (QED) is 0.682. The molecule has 2 N–H and O–H groups in total. The van der Waals surface area contributed by atoms with Crippen LogP contribution < -0.4 is 10.5 Å². The zero-order chi connectivity index (χ0) is 20.8. The Morgan fingerprint density at radius 1 is 1.10 bits per heavy atom. The largest absolute Gasteiger partial charge is 0.497 e. The fourth-order valence-corrected chi connectivity index (χ4v) is 4.50. The summed E-state index contributed by atoms with van der Waals surface area (Å²) in [6.07, 6.45) is 7.08. The van der Waals surface area contributed by atoms with E-state index in [9.17, 15) is 4.79 Å². The van der Waals surface area contributed by atoms with E-state index in [0.717, 1.165) is 54.9 Å². The minimum absolute atomic E-state index is 0.345. The normalized spacial score (nSPS) is 14.9. The van der Waals surface area contributed by atoms with Crippen molar-refractivity contribution in [1.29, 1.82) is 0 Å². The average Bonchev–Trinajstić information content (AvgIpc) is 3.03. The molecule has 0 saturated carbocycles. The Labute approximate surface area is 174 Å². The van der Waals surface area contributed by atoms with Gasteiger partial charge in [-0.05, 0) is 63.4 Å². The van der Waals surface area contributed by atoms with Crippen molar-refractivity contribution in [2.24, 2.45) is 5.73 Å². The zero-order valence-corrected chi connectivity index (χ0v) is 18.2. The summed E-state index contributed by atoms with van der Waals surface area (Å²) in [6, 6.07) is 7.96. The van der Waals surface area contributed by atoms with E-state index in [1.807, 2.05) is 31.2 Å². The van der Waals surface area contributed by atoms with Gasteiger partial charge in [0.2, 0.25) is 0 Å². The van der Waals surface area contributed by atoms with Crippen molar-refractivity contribution >= 4 is 5.91 Å². The van der Waals surface area contributed by atoms with Crippen molar-refractivity contribution in [3.8, 4) is 16.9 Å². The maximum Gasteiger partial charge on any atom is 0.251 e. The van der Waals surface area contributed by atoms with Crippen molar-refractivity contribution in [2.45, 2.75) is 58.9 Å². The number of amides is 1. The highest BCUT2D eigenvalue weighted by molar-refractivity contribution is 6.02. The molecular weight excluding hydrogens is 362 g/mol. The molecule has 0 radical (unpaired) electrons. The number of primary amides is 1. The van der Waals surface area contributed by atoms with Gasteiger partial charge in [-0.3, -0.25) is 4.79 Å². The lowest BCUT2D eigenvalue weighted by Crippen LogP contribution is -2.33. The Bertz CT molecular complexity index is 818. The van der Waals surface area contributed by atoms with Gasteiger partial charge in [0, 0.05) is 30.0 Å². The molecule has 158 valence electrons. The van der Waals surface area contributed by atoms with Crippen LogP contribution >= 0.6 is 0 Å².